The molecule has 2 amide bonds. The Labute approximate surface area is 123 Å². The zero-order valence-corrected chi connectivity index (χ0v) is 12.3. The molecule has 0 spiro atoms. The minimum Gasteiger partial charge on any atom is -0.370 e. The summed E-state index contributed by atoms with van der Waals surface area (Å²) in [5.74, 6) is -0.615. The maximum atomic E-state index is 12.1. The summed E-state index contributed by atoms with van der Waals surface area (Å²) in [6, 6.07) is 3.13. The first-order valence-corrected chi connectivity index (χ1v) is 6.65. The normalized spacial score (nSPS) is 10.4. The summed E-state index contributed by atoms with van der Waals surface area (Å²) < 4.78 is 1.63. The second-order valence-electron chi connectivity index (χ2n) is 5.04. The monoisotopic (exact) mass is 294 g/mol. The zero-order chi connectivity index (χ0) is 16.0. The molecule has 7 N–H and O–H groups in total. The summed E-state index contributed by atoms with van der Waals surface area (Å²) >= 11 is 0. The van der Waals surface area contributed by atoms with Gasteiger partial charge in [0.05, 0.1) is 6.54 Å². The summed E-state index contributed by atoms with van der Waals surface area (Å²) in [6.45, 7) is 5.11. The molecule has 0 atom stereocenters. The molecule has 1 rings (SSSR count). The summed E-state index contributed by atoms with van der Waals surface area (Å²) in [5.41, 5.74) is 16.4. The lowest BCUT2D eigenvalue weighted by Crippen LogP contribution is -2.31. The Hall–Kier alpha value is -2.51. The molecule has 0 aliphatic carbocycles. The summed E-state index contributed by atoms with van der Waals surface area (Å²) in [6.07, 6.45) is 0. The van der Waals surface area contributed by atoms with Crippen molar-refractivity contribution in [1.82, 2.24) is 9.88 Å². The van der Waals surface area contributed by atoms with Gasteiger partial charge >= 0.3 is 0 Å². The third kappa shape index (κ3) is 4.83. The maximum Gasteiger partial charge on any atom is 0.267 e. The Kier molecular flexibility index (Phi) is 5.77. The Balaban J connectivity index is 2.83. The van der Waals surface area contributed by atoms with Gasteiger partial charge in [-0.05, 0) is 18.1 Å². The predicted molar refractivity (Wildman–Crippen MR) is 80.8 cm³/mol. The van der Waals surface area contributed by atoms with Crippen molar-refractivity contribution in [2.45, 2.75) is 20.4 Å². The van der Waals surface area contributed by atoms with Crippen LogP contribution in [0.1, 0.15) is 34.8 Å². The highest BCUT2D eigenvalue weighted by molar-refractivity contribution is 5.97. The van der Waals surface area contributed by atoms with Gasteiger partial charge in [-0.15, -0.1) is 0 Å². The van der Waals surface area contributed by atoms with Gasteiger partial charge < -0.3 is 27.1 Å². The van der Waals surface area contributed by atoms with Gasteiger partial charge in [0.25, 0.3) is 11.8 Å². The van der Waals surface area contributed by atoms with Gasteiger partial charge in [-0.25, -0.2) is 0 Å². The first-order valence-electron chi connectivity index (χ1n) is 6.65. The lowest BCUT2D eigenvalue weighted by molar-refractivity contribution is 0.0944. The van der Waals surface area contributed by atoms with Crippen molar-refractivity contribution >= 4 is 17.8 Å². The van der Waals surface area contributed by atoms with E-state index < -0.39 is 5.91 Å². The quantitative estimate of drug-likeness (QED) is 0.298. The van der Waals surface area contributed by atoms with Gasteiger partial charge in [0, 0.05) is 13.1 Å². The fourth-order valence-corrected chi connectivity index (χ4v) is 1.89. The lowest BCUT2D eigenvalue weighted by Gasteiger charge is -2.14. The van der Waals surface area contributed by atoms with Gasteiger partial charge in [-0.3, -0.25) is 14.6 Å². The zero-order valence-electron chi connectivity index (χ0n) is 12.3. The topological polar surface area (TPSA) is 142 Å². The second-order valence-corrected chi connectivity index (χ2v) is 5.04. The Morgan fingerprint density at radius 2 is 1.86 bits per heavy atom. The van der Waals surface area contributed by atoms with E-state index in [0.29, 0.717) is 31.0 Å². The maximum absolute atomic E-state index is 12.1. The summed E-state index contributed by atoms with van der Waals surface area (Å²) in [7, 11) is 0. The highest BCUT2D eigenvalue weighted by Crippen LogP contribution is 2.12. The van der Waals surface area contributed by atoms with Crippen LogP contribution in [-0.2, 0) is 6.54 Å². The molecule has 0 saturated carbocycles. The Morgan fingerprint density at radius 1 is 1.24 bits per heavy atom. The van der Waals surface area contributed by atoms with E-state index in [1.54, 1.807) is 16.7 Å². The van der Waals surface area contributed by atoms with Crippen molar-refractivity contribution in [2.75, 3.05) is 13.1 Å². The highest BCUT2D eigenvalue weighted by Gasteiger charge is 2.18. The molecular formula is C13H22N6O2. The molecule has 0 aromatic carbocycles. The van der Waals surface area contributed by atoms with E-state index in [0.717, 1.165) is 0 Å². The molecule has 116 valence electrons. The largest absolute Gasteiger partial charge is 0.370 e. The smallest absolute Gasteiger partial charge is 0.267 e. The SMILES string of the molecule is CC(C)Cn1c(C(N)=O)ccc1C(=O)NCCN=C(N)N. The molecule has 8 nitrogen and oxygen atoms in total. The highest BCUT2D eigenvalue weighted by atomic mass is 16.2. The molecule has 8 heteroatoms. The standard InChI is InChI=1S/C13H22N6O2/c1-8(2)7-19-9(11(14)20)3-4-10(19)12(21)17-5-6-18-13(15)16/h3-4,8H,5-7H2,1-2H3,(H2,14,20)(H,17,21)(H4,15,16,18). The molecule has 0 saturated heterocycles. The second kappa shape index (κ2) is 7.32. The van der Waals surface area contributed by atoms with Crippen molar-refractivity contribution in [3.05, 3.63) is 23.5 Å². The van der Waals surface area contributed by atoms with E-state index in [1.807, 2.05) is 13.8 Å². The third-order valence-corrected chi connectivity index (χ3v) is 2.71. The fraction of sp³-hybridized carbons (Fsp3) is 0.462. The molecule has 0 unspecified atom stereocenters. The van der Waals surface area contributed by atoms with Crippen molar-refractivity contribution in [2.24, 2.45) is 28.1 Å². The van der Waals surface area contributed by atoms with Crippen LogP contribution in [0.25, 0.3) is 0 Å². The number of hydrogen-bond acceptors (Lipinski definition) is 3. The van der Waals surface area contributed by atoms with Crippen LogP contribution >= 0.6 is 0 Å². The number of primary amides is 1. The first kappa shape index (κ1) is 16.5. The number of carbonyl (C=O) groups excluding carboxylic acids is 2. The number of nitrogens with two attached hydrogens (primary N) is 3. The average Bonchev–Trinajstić information content (AvgIpc) is 2.77. The molecule has 0 aliphatic heterocycles. The Morgan fingerprint density at radius 3 is 2.38 bits per heavy atom. The molecule has 1 aromatic heterocycles. The number of hydrogen-bond donors (Lipinski definition) is 4. The summed E-state index contributed by atoms with van der Waals surface area (Å²) in [5, 5.41) is 2.69. The van der Waals surface area contributed by atoms with E-state index in [-0.39, 0.29) is 17.8 Å². The van der Waals surface area contributed by atoms with Crippen LogP contribution in [0.3, 0.4) is 0 Å². The number of guanidine groups is 1. The fourth-order valence-electron chi connectivity index (χ4n) is 1.89. The number of aromatic nitrogens is 1. The van der Waals surface area contributed by atoms with Gasteiger partial charge in [-0.1, -0.05) is 13.8 Å². The average molecular weight is 294 g/mol. The van der Waals surface area contributed by atoms with Gasteiger partial charge in [0.1, 0.15) is 11.4 Å². The van der Waals surface area contributed by atoms with E-state index in [1.165, 1.54) is 0 Å². The first-order chi connectivity index (χ1) is 9.82. The number of carbonyl (C=O) groups is 2. The summed E-state index contributed by atoms with van der Waals surface area (Å²) in [4.78, 5) is 27.3. The number of nitrogens with zero attached hydrogens (tertiary/aromatic N) is 2. The van der Waals surface area contributed by atoms with Crippen molar-refractivity contribution in [3.63, 3.8) is 0 Å². The molecule has 0 aliphatic rings. The van der Waals surface area contributed by atoms with Gasteiger partial charge in [-0.2, -0.15) is 0 Å². The molecule has 0 radical (unpaired) electrons. The van der Waals surface area contributed by atoms with Crippen LogP contribution in [-0.4, -0.2) is 35.4 Å². The van der Waals surface area contributed by atoms with Gasteiger partial charge in [0.2, 0.25) is 0 Å². The van der Waals surface area contributed by atoms with Crippen LogP contribution < -0.4 is 22.5 Å². The Bertz CT molecular complexity index is 543. The van der Waals surface area contributed by atoms with Crippen LogP contribution in [0.4, 0.5) is 0 Å². The van der Waals surface area contributed by atoms with Crippen molar-refractivity contribution < 1.29 is 9.59 Å². The van der Waals surface area contributed by atoms with Crippen LogP contribution in [0.5, 0.6) is 0 Å². The van der Waals surface area contributed by atoms with Crippen LogP contribution in [0.2, 0.25) is 0 Å². The minimum absolute atomic E-state index is 0.0246. The van der Waals surface area contributed by atoms with Gasteiger partial charge in [0.15, 0.2) is 5.96 Å². The molecule has 1 aromatic rings. The molecule has 0 bridgehead atoms. The minimum atomic E-state index is -0.560. The molecular weight excluding hydrogens is 272 g/mol. The van der Waals surface area contributed by atoms with Crippen LogP contribution in [0.15, 0.2) is 17.1 Å². The van der Waals surface area contributed by atoms with Crippen molar-refractivity contribution in [3.8, 4) is 0 Å². The number of rotatable bonds is 7. The van der Waals surface area contributed by atoms with E-state index in [2.05, 4.69) is 10.3 Å². The molecule has 21 heavy (non-hydrogen) atoms. The number of nitrogens with one attached hydrogen (secondary N) is 1. The molecule has 1 heterocycles. The van der Waals surface area contributed by atoms with E-state index in [4.69, 9.17) is 17.2 Å². The van der Waals surface area contributed by atoms with E-state index in [9.17, 15) is 9.59 Å². The lowest BCUT2D eigenvalue weighted by atomic mass is 10.2. The predicted octanol–water partition coefficient (Wildman–Crippen LogP) is -0.754. The number of amides is 2. The van der Waals surface area contributed by atoms with Crippen LogP contribution in [0, 0.1) is 5.92 Å². The molecule has 0 fully saturated rings. The van der Waals surface area contributed by atoms with Crippen molar-refractivity contribution in [1.29, 1.82) is 0 Å². The number of aliphatic imine (C=N–C) groups is 1. The third-order valence-electron chi connectivity index (χ3n) is 2.71. The van der Waals surface area contributed by atoms with E-state index >= 15 is 0 Å².